The molecule has 0 fully saturated rings. The molecule has 84 valence electrons. The van der Waals surface area contributed by atoms with Gasteiger partial charge >= 0.3 is 0 Å². The molecule has 1 atom stereocenters. The lowest BCUT2D eigenvalue weighted by Crippen LogP contribution is -2.25. The van der Waals surface area contributed by atoms with E-state index in [0.29, 0.717) is 5.92 Å². The van der Waals surface area contributed by atoms with E-state index in [2.05, 4.69) is 0 Å². The summed E-state index contributed by atoms with van der Waals surface area (Å²) in [7, 11) is 0. The van der Waals surface area contributed by atoms with Gasteiger partial charge in [-0.3, -0.25) is 0 Å². The quantitative estimate of drug-likeness (QED) is 0.637. The average molecular weight is 199 g/mol. The highest BCUT2D eigenvalue weighted by atomic mass is 16.3. The fourth-order valence-electron chi connectivity index (χ4n) is 0.963. The zero-order valence-electron chi connectivity index (χ0n) is 10.1. The van der Waals surface area contributed by atoms with Gasteiger partial charge in [-0.05, 0) is 6.92 Å². The molecule has 0 amide bonds. The summed E-state index contributed by atoms with van der Waals surface area (Å²) in [6, 6.07) is 0.139. The summed E-state index contributed by atoms with van der Waals surface area (Å²) in [5.74, 6) is 0.295. The minimum absolute atomic E-state index is 0.139. The van der Waals surface area contributed by atoms with Crippen molar-refractivity contribution in [3.05, 3.63) is 24.3 Å². The zero-order valence-corrected chi connectivity index (χ0v) is 10.1. The van der Waals surface area contributed by atoms with Crippen LogP contribution in [0.1, 0.15) is 34.6 Å². The molecule has 1 aliphatic carbocycles. The van der Waals surface area contributed by atoms with E-state index in [9.17, 15) is 0 Å². The molecule has 2 heteroatoms. The van der Waals surface area contributed by atoms with Gasteiger partial charge in [-0.15, -0.1) is 0 Å². The van der Waals surface area contributed by atoms with Crippen LogP contribution in [0.25, 0.3) is 0 Å². The molecule has 1 rings (SSSR count). The number of hydrogen-bond acceptors (Lipinski definition) is 2. The second-order valence-electron chi connectivity index (χ2n) is 2.70. The largest absolute Gasteiger partial charge is 0.385 e. The Bertz CT molecular complexity index is 148. The van der Waals surface area contributed by atoms with Gasteiger partial charge in [0.1, 0.15) is 0 Å². The molecule has 1 unspecified atom stereocenters. The highest BCUT2D eigenvalue weighted by molar-refractivity contribution is 5.15. The van der Waals surface area contributed by atoms with Crippen LogP contribution in [0.3, 0.4) is 0 Å². The van der Waals surface area contributed by atoms with Crippen LogP contribution in [0.4, 0.5) is 0 Å². The van der Waals surface area contributed by atoms with E-state index in [1.165, 1.54) is 0 Å². The summed E-state index contributed by atoms with van der Waals surface area (Å²) in [4.78, 5) is 0. The van der Waals surface area contributed by atoms with Gasteiger partial charge in [0.25, 0.3) is 0 Å². The van der Waals surface area contributed by atoms with E-state index in [0.717, 1.165) is 0 Å². The molecule has 0 aliphatic heterocycles. The number of aliphatic hydroxyl groups is 1. The highest BCUT2D eigenvalue weighted by Gasteiger charge is 2.10. The van der Waals surface area contributed by atoms with Crippen molar-refractivity contribution in [2.45, 2.75) is 46.8 Å². The van der Waals surface area contributed by atoms with Crippen molar-refractivity contribution in [2.24, 2.45) is 11.7 Å². The number of nitrogens with two attached hydrogens (primary N) is 1. The van der Waals surface area contributed by atoms with Gasteiger partial charge in [0.2, 0.25) is 0 Å². The van der Waals surface area contributed by atoms with Crippen molar-refractivity contribution in [1.29, 1.82) is 0 Å². The Kier molecular flexibility index (Phi) is 11.9. The van der Waals surface area contributed by atoms with E-state index in [1.807, 2.05) is 46.8 Å². The van der Waals surface area contributed by atoms with E-state index in [-0.39, 0.29) is 6.04 Å². The summed E-state index contributed by atoms with van der Waals surface area (Å²) in [6.07, 6.45) is 6.99. The molecule has 0 saturated heterocycles. The third-order valence-corrected chi connectivity index (χ3v) is 1.67. The highest BCUT2D eigenvalue weighted by Crippen LogP contribution is 2.11. The van der Waals surface area contributed by atoms with Gasteiger partial charge in [0.15, 0.2) is 0 Å². The Morgan fingerprint density at radius 1 is 1.00 bits per heavy atom. The number of rotatable bonds is 1. The molecular weight excluding hydrogens is 174 g/mol. The molecule has 0 aromatic heterocycles. The van der Waals surface area contributed by atoms with Crippen LogP contribution in [0.15, 0.2) is 24.3 Å². The van der Waals surface area contributed by atoms with Gasteiger partial charge < -0.3 is 10.8 Å². The van der Waals surface area contributed by atoms with Gasteiger partial charge in [0, 0.05) is 12.0 Å². The van der Waals surface area contributed by atoms with E-state index in [1.54, 1.807) is 12.2 Å². The van der Waals surface area contributed by atoms with Crippen LogP contribution in [0, 0.1) is 5.92 Å². The lowest BCUT2D eigenvalue weighted by molar-refractivity contribution is 0.267. The average Bonchev–Trinajstić information content (AvgIpc) is 2.24. The van der Waals surface area contributed by atoms with Crippen molar-refractivity contribution in [1.82, 2.24) is 0 Å². The third kappa shape index (κ3) is 6.87. The van der Waals surface area contributed by atoms with Crippen LogP contribution >= 0.6 is 0 Å². The summed E-state index contributed by atoms with van der Waals surface area (Å²) >= 11 is 0. The number of hydrogen-bond donors (Lipinski definition) is 2. The van der Waals surface area contributed by atoms with Gasteiger partial charge in [0.05, 0.1) is 6.10 Å². The predicted octanol–water partition coefficient (Wildman–Crippen LogP) is 2.49. The summed E-state index contributed by atoms with van der Waals surface area (Å²) in [5.41, 5.74) is 5.63. The van der Waals surface area contributed by atoms with Crippen molar-refractivity contribution in [3.63, 3.8) is 0 Å². The Balaban J connectivity index is 0. The molecule has 3 N–H and O–H groups in total. The molecule has 1 aliphatic rings. The Morgan fingerprint density at radius 2 is 1.36 bits per heavy atom. The molecular formula is C12H25NO. The minimum Gasteiger partial charge on any atom is -0.385 e. The van der Waals surface area contributed by atoms with Crippen molar-refractivity contribution in [2.75, 3.05) is 0 Å². The monoisotopic (exact) mass is 199 g/mol. The minimum atomic E-state index is -0.407. The van der Waals surface area contributed by atoms with E-state index >= 15 is 0 Å². The van der Waals surface area contributed by atoms with Gasteiger partial charge in [-0.25, -0.2) is 0 Å². The molecule has 0 spiro atoms. The second kappa shape index (κ2) is 10.5. The van der Waals surface area contributed by atoms with Crippen LogP contribution in [0.5, 0.6) is 0 Å². The predicted molar refractivity (Wildman–Crippen MR) is 64.1 cm³/mol. The summed E-state index contributed by atoms with van der Waals surface area (Å²) < 4.78 is 0. The van der Waals surface area contributed by atoms with E-state index < -0.39 is 6.10 Å². The molecule has 0 saturated carbocycles. The first-order chi connectivity index (χ1) is 6.70. The van der Waals surface area contributed by atoms with Crippen molar-refractivity contribution < 1.29 is 5.11 Å². The maximum atomic E-state index is 8.99. The second-order valence-corrected chi connectivity index (χ2v) is 2.70. The molecule has 14 heavy (non-hydrogen) atoms. The Morgan fingerprint density at radius 3 is 1.64 bits per heavy atom. The molecule has 0 radical (unpaired) electrons. The molecule has 0 aromatic rings. The fraction of sp³-hybridized carbons (Fsp3) is 0.667. The SMILES string of the molecule is CC.CC.CC(N)C1C=CC(O)C=C1. The lowest BCUT2D eigenvalue weighted by atomic mass is 9.96. The smallest absolute Gasteiger partial charge is 0.0903 e. The molecule has 0 bridgehead atoms. The summed E-state index contributed by atoms with van der Waals surface area (Å²) in [6.45, 7) is 9.96. The van der Waals surface area contributed by atoms with Crippen molar-refractivity contribution >= 4 is 0 Å². The maximum absolute atomic E-state index is 8.99. The fourth-order valence-corrected chi connectivity index (χ4v) is 0.963. The van der Waals surface area contributed by atoms with E-state index in [4.69, 9.17) is 10.8 Å². The first-order valence-corrected chi connectivity index (χ1v) is 5.50. The Labute approximate surface area is 88.5 Å². The standard InChI is InChI=1S/C8H13NO.2C2H6/c1-6(9)7-2-4-8(10)5-3-7;2*1-2/h2-8,10H,9H2,1H3;2*1-2H3. The van der Waals surface area contributed by atoms with Crippen LogP contribution in [-0.2, 0) is 0 Å². The third-order valence-electron chi connectivity index (χ3n) is 1.67. The normalized spacial score (nSPS) is 25.4. The zero-order chi connectivity index (χ0) is 11.6. The van der Waals surface area contributed by atoms with Gasteiger partial charge in [-0.1, -0.05) is 52.0 Å². The van der Waals surface area contributed by atoms with Crippen LogP contribution in [-0.4, -0.2) is 17.3 Å². The molecule has 0 aromatic carbocycles. The summed E-state index contributed by atoms with van der Waals surface area (Å²) in [5, 5.41) is 8.99. The first kappa shape index (κ1) is 15.9. The lowest BCUT2D eigenvalue weighted by Gasteiger charge is -2.16. The molecule has 0 heterocycles. The topological polar surface area (TPSA) is 46.2 Å². The van der Waals surface area contributed by atoms with Gasteiger partial charge in [-0.2, -0.15) is 0 Å². The van der Waals surface area contributed by atoms with Crippen LogP contribution in [0.2, 0.25) is 0 Å². The Hall–Kier alpha value is -0.600. The van der Waals surface area contributed by atoms with Crippen LogP contribution < -0.4 is 5.73 Å². The maximum Gasteiger partial charge on any atom is 0.0903 e. The van der Waals surface area contributed by atoms with Crippen molar-refractivity contribution in [3.8, 4) is 0 Å². The first-order valence-electron chi connectivity index (χ1n) is 5.50. The molecule has 2 nitrogen and oxygen atoms in total. The number of aliphatic hydroxyl groups excluding tert-OH is 1.